The van der Waals surface area contributed by atoms with Crippen LogP contribution in [0.4, 0.5) is 5.82 Å². The number of aliphatic hydroxyl groups excluding tert-OH is 2. The van der Waals surface area contributed by atoms with Crippen molar-refractivity contribution in [3.63, 3.8) is 0 Å². The van der Waals surface area contributed by atoms with E-state index < -0.39 is 18.2 Å². The van der Waals surface area contributed by atoms with Gasteiger partial charge in [-0.2, -0.15) is 0 Å². The number of aliphatic hydroxyl groups is 2. The van der Waals surface area contributed by atoms with Crippen molar-refractivity contribution in [2.45, 2.75) is 19.1 Å². The normalized spacial score (nSPS) is 14.2. The van der Waals surface area contributed by atoms with Crippen molar-refractivity contribution in [1.82, 2.24) is 4.98 Å². The minimum absolute atomic E-state index is 0.140. The summed E-state index contributed by atoms with van der Waals surface area (Å²) in [6.07, 6.45) is -1.61. The van der Waals surface area contributed by atoms with Crippen LogP contribution in [-0.2, 0) is 9.53 Å². The molecule has 88 valence electrons. The van der Waals surface area contributed by atoms with E-state index in [0.29, 0.717) is 5.56 Å². The van der Waals surface area contributed by atoms with E-state index >= 15 is 0 Å². The van der Waals surface area contributed by atoms with Crippen LogP contribution in [0.15, 0.2) is 18.3 Å². The maximum Gasteiger partial charge on any atom is 0.338 e. The SMILES string of the molecule is CCOC(=O)C(O)C(O)c1ccnc(N)c1. The van der Waals surface area contributed by atoms with Gasteiger partial charge in [0.1, 0.15) is 11.9 Å². The zero-order valence-corrected chi connectivity index (χ0v) is 8.83. The third-order valence-electron chi connectivity index (χ3n) is 1.97. The molecule has 2 unspecified atom stereocenters. The first kappa shape index (κ1) is 12.4. The summed E-state index contributed by atoms with van der Waals surface area (Å²) in [6.45, 7) is 1.75. The van der Waals surface area contributed by atoms with Crippen molar-refractivity contribution in [3.8, 4) is 0 Å². The number of aromatic nitrogens is 1. The number of hydrogen-bond acceptors (Lipinski definition) is 6. The first-order chi connectivity index (χ1) is 7.56. The number of carbonyl (C=O) groups is 1. The minimum atomic E-state index is -1.62. The zero-order valence-electron chi connectivity index (χ0n) is 8.83. The minimum Gasteiger partial charge on any atom is -0.464 e. The van der Waals surface area contributed by atoms with Gasteiger partial charge in [-0.15, -0.1) is 0 Å². The summed E-state index contributed by atoms with van der Waals surface area (Å²) in [4.78, 5) is 14.9. The van der Waals surface area contributed by atoms with Crippen LogP contribution in [0.3, 0.4) is 0 Å². The van der Waals surface area contributed by atoms with Crippen LogP contribution in [-0.4, -0.2) is 33.9 Å². The van der Waals surface area contributed by atoms with E-state index in [4.69, 9.17) is 5.73 Å². The number of nitrogens with zero attached hydrogens (tertiary/aromatic N) is 1. The average molecular weight is 226 g/mol. The third-order valence-corrected chi connectivity index (χ3v) is 1.97. The van der Waals surface area contributed by atoms with Gasteiger partial charge in [-0.1, -0.05) is 0 Å². The number of esters is 1. The smallest absolute Gasteiger partial charge is 0.338 e. The fourth-order valence-corrected chi connectivity index (χ4v) is 1.19. The largest absolute Gasteiger partial charge is 0.464 e. The average Bonchev–Trinajstić information content (AvgIpc) is 2.27. The summed E-state index contributed by atoms with van der Waals surface area (Å²) < 4.78 is 4.58. The lowest BCUT2D eigenvalue weighted by molar-refractivity contribution is -0.159. The van der Waals surface area contributed by atoms with E-state index in [1.165, 1.54) is 18.3 Å². The Hall–Kier alpha value is -1.66. The Kier molecular flexibility index (Phi) is 4.21. The Morgan fingerprint density at radius 2 is 2.31 bits per heavy atom. The topological polar surface area (TPSA) is 106 Å². The number of rotatable bonds is 4. The van der Waals surface area contributed by atoms with Crippen LogP contribution in [0.1, 0.15) is 18.6 Å². The Balaban J connectivity index is 2.77. The summed E-state index contributed by atoms with van der Waals surface area (Å²) in [5.41, 5.74) is 5.72. The van der Waals surface area contributed by atoms with Crippen LogP contribution >= 0.6 is 0 Å². The third kappa shape index (κ3) is 2.91. The van der Waals surface area contributed by atoms with Crippen molar-refractivity contribution in [3.05, 3.63) is 23.9 Å². The van der Waals surface area contributed by atoms with E-state index in [1.54, 1.807) is 6.92 Å². The molecule has 0 aromatic carbocycles. The van der Waals surface area contributed by atoms with Crippen LogP contribution in [0.2, 0.25) is 0 Å². The van der Waals surface area contributed by atoms with Crippen LogP contribution < -0.4 is 5.73 Å². The van der Waals surface area contributed by atoms with Gasteiger partial charge in [-0.05, 0) is 24.6 Å². The zero-order chi connectivity index (χ0) is 12.1. The fraction of sp³-hybridized carbons (Fsp3) is 0.400. The van der Waals surface area contributed by atoms with E-state index in [1.807, 2.05) is 0 Å². The second-order valence-corrected chi connectivity index (χ2v) is 3.16. The maximum atomic E-state index is 11.2. The molecule has 0 aliphatic carbocycles. The summed E-state index contributed by atoms with van der Waals surface area (Å²) in [6, 6.07) is 2.84. The molecule has 0 saturated carbocycles. The Morgan fingerprint density at radius 1 is 1.62 bits per heavy atom. The number of pyridine rings is 1. The molecule has 0 aliphatic heterocycles. The molecule has 6 nitrogen and oxygen atoms in total. The van der Waals surface area contributed by atoms with Crippen LogP contribution in [0.5, 0.6) is 0 Å². The van der Waals surface area contributed by atoms with Crippen molar-refractivity contribution in [2.24, 2.45) is 0 Å². The predicted octanol–water partition coefficient (Wildman–Crippen LogP) is -0.379. The number of nitrogens with two attached hydrogens (primary N) is 1. The highest BCUT2D eigenvalue weighted by Gasteiger charge is 2.26. The standard InChI is InChI=1S/C10H14N2O4/c1-2-16-10(15)9(14)8(13)6-3-4-12-7(11)5-6/h3-5,8-9,13-14H,2H2,1H3,(H2,11,12). The van der Waals surface area contributed by atoms with Crippen LogP contribution in [0.25, 0.3) is 0 Å². The lowest BCUT2D eigenvalue weighted by Crippen LogP contribution is -2.29. The van der Waals surface area contributed by atoms with Crippen molar-refractivity contribution < 1.29 is 19.7 Å². The molecule has 1 heterocycles. The van der Waals surface area contributed by atoms with Gasteiger partial charge in [0.2, 0.25) is 0 Å². The Labute approximate surface area is 92.7 Å². The molecule has 0 fully saturated rings. The van der Waals surface area contributed by atoms with Crippen LogP contribution in [0, 0.1) is 0 Å². The second kappa shape index (κ2) is 5.43. The quantitative estimate of drug-likeness (QED) is 0.604. The lowest BCUT2D eigenvalue weighted by atomic mass is 10.1. The number of carbonyl (C=O) groups excluding carboxylic acids is 1. The highest BCUT2D eigenvalue weighted by Crippen LogP contribution is 2.18. The predicted molar refractivity (Wildman–Crippen MR) is 56.2 cm³/mol. The highest BCUT2D eigenvalue weighted by atomic mass is 16.5. The highest BCUT2D eigenvalue weighted by molar-refractivity contribution is 5.75. The van der Waals surface area contributed by atoms with Crippen molar-refractivity contribution in [2.75, 3.05) is 12.3 Å². The van der Waals surface area contributed by atoms with Gasteiger partial charge in [0, 0.05) is 6.20 Å². The molecule has 0 saturated heterocycles. The first-order valence-electron chi connectivity index (χ1n) is 4.80. The molecule has 0 radical (unpaired) electrons. The summed E-state index contributed by atoms with van der Waals surface area (Å²) in [5.74, 6) is -0.669. The molecular formula is C10H14N2O4. The van der Waals surface area contributed by atoms with Gasteiger partial charge in [-0.25, -0.2) is 9.78 Å². The molecular weight excluding hydrogens is 212 g/mol. The molecule has 0 amide bonds. The fourth-order valence-electron chi connectivity index (χ4n) is 1.19. The molecule has 0 bridgehead atoms. The summed E-state index contributed by atoms with van der Waals surface area (Å²) in [5, 5.41) is 19.2. The van der Waals surface area contributed by atoms with Gasteiger partial charge in [0.05, 0.1) is 6.61 Å². The molecule has 4 N–H and O–H groups in total. The van der Waals surface area contributed by atoms with Gasteiger partial charge < -0.3 is 20.7 Å². The van der Waals surface area contributed by atoms with Gasteiger partial charge in [0.15, 0.2) is 6.10 Å². The molecule has 0 spiro atoms. The van der Waals surface area contributed by atoms with Gasteiger partial charge >= 0.3 is 5.97 Å². The van der Waals surface area contributed by atoms with E-state index in [2.05, 4.69) is 9.72 Å². The maximum absolute atomic E-state index is 11.2. The van der Waals surface area contributed by atoms with E-state index in [9.17, 15) is 15.0 Å². The second-order valence-electron chi connectivity index (χ2n) is 3.16. The number of nitrogen functional groups attached to an aromatic ring is 1. The first-order valence-corrected chi connectivity index (χ1v) is 4.80. The number of ether oxygens (including phenoxy) is 1. The summed E-state index contributed by atoms with van der Waals surface area (Å²) >= 11 is 0. The molecule has 1 aromatic heterocycles. The number of anilines is 1. The molecule has 0 aliphatic rings. The molecule has 2 atom stereocenters. The molecule has 1 aromatic rings. The van der Waals surface area contributed by atoms with Gasteiger partial charge in [-0.3, -0.25) is 0 Å². The summed E-state index contributed by atoms with van der Waals surface area (Å²) in [7, 11) is 0. The van der Waals surface area contributed by atoms with E-state index in [0.717, 1.165) is 0 Å². The molecule has 16 heavy (non-hydrogen) atoms. The monoisotopic (exact) mass is 226 g/mol. The molecule has 1 rings (SSSR count). The van der Waals surface area contributed by atoms with Gasteiger partial charge in [0.25, 0.3) is 0 Å². The van der Waals surface area contributed by atoms with Crippen molar-refractivity contribution in [1.29, 1.82) is 0 Å². The van der Waals surface area contributed by atoms with Crippen molar-refractivity contribution >= 4 is 11.8 Å². The molecule has 6 heteroatoms. The Morgan fingerprint density at radius 3 is 2.88 bits per heavy atom. The lowest BCUT2D eigenvalue weighted by Gasteiger charge is -2.16. The van der Waals surface area contributed by atoms with E-state index in [-0.39, 0.29) is 12.4 Å². The number of hydrogen-bond donors (Lipinski definition) is 3. The Bertz CT molecular complexity index is 370.